The van der Waals surface area contributed by atoms with Crippen molar-refractivity contribution >= 4 is 43.5 Å². The summed E-state index contributed by atoms with van der Waals surface area (Å²) in [5.74, 6) is 1.35. The number of halogens is 3. The van der Waals surface area contributed by atoms with E-state index in [1.165, 1.54) is 0 Å². The molecule has 1 unspecified atom stereocenters. The predicted molar refractivity (Wildman–Crippen MR) is 90.7 cm³/mol. The Hall–Kier alpha value is -0.550. The number of ether oxygens (including phenoxy) is 1. The summed E-state index contributed by atoms with van der Waals surface area (Å²) >= 11 is 13.1. The average Bonchev–Trinajstić information content (AvgIpc) is 2.37. The Morgan fingerprint density at radius 3 is 2.60 bits per heavy atom. The smallest absolute Gasteiger partial charge is 0.147 e. The molecule has 0 spiro atoms. The second-order valence-corrected chi connectivity index (χ2v) is 6.79. The van der Waals surface area contributed by atoms with Gasteiger partial charge >= 0.3 is 0 Å². The van der Waals surface area contributed by atoms with Gasteiger partial charge in [0.15, 0.2) is 0 Å². The zero-order valence-electron chi connectivity index (χ0n) is 10.9. The molecule has 0 bridgehead atoms. The van der Waals surface area contributed by atoms with E-state index in [1.54, 1.807) is 6.07 Å². The van der Waals surface area contributed by atoms with Crippen molar-refractivity contribution in [3.8, 4) is 11.5 Å². The van der Waals surface area contributed by atoms with E-state index in [-0.39, 0.29) is 6.04 Å². The third kappa shape index (κ3) is 4.22. The van der Waals surface area contributed by atoms with Crippen molar-refractivity contribution in [3.63, 3.8) is 0 Å². The van der Waals surface area contributed by atoms with Crippen molar-refractivity contribution in [2.45, 2.75) is 19.4 Å². The van der Waals surface area contributed by atoms with E-state index in [1.807, 2.05) is 37.3 Å². The molecule has 0 aliphatic heterocycles. The van der Waals surface area contributed by atoms with Crippen LogP contribution in [0.15, 0.2) is 45.3 Å². The normalized spacial score (nSPS) is 12.2. The molecule has 2 aromatic carbocycles. The van der Waals surface area contributed by atoms with Gasteiger partial charge in [-0.15, -0.1) is 0 Å². The lowest BCUT2D eigenvalue weighted by atomic mass is 10.1. The van der Waals surface area contributed by atoms with Gasteiger partial charge in [0.05, 0.1) is 5.02 Å². The van der Waals surface area contributed by atoms with Crippen molar-refractivity contribution in [1.82, 2.24) is 0 Å². The second kappa shape index (κ2) is 6.94. The molecule has 0 fully saturated rings. The van der Waals surface area contributed by atoms with Crippen LogP contribution in [0.2, 0.25) is 5.02 Å². The Kier molecular flexibility index (Phi) is 5.49. The number of hydrogen-bond acceptors (Lipinski definition) is 2. The molecule has 1 atom stereocenters. The van der Waals surface area contributed by atoms with Gasteiger partial charge in [-0.05, 0) is 49.2 Å². The van der Waals surface area contributed by atoms with E-state index in [0.717, 1.165) is 26.7 Å². The third-order valence-electron chi connectivity index (χ3n) is 2.69. The summed E-state index contributed by atoms with van der Waals surface area (Å²) in [6.07, 6.45) is 0.818. The van der Waals surface area contributed by atoms with E-state index in [2.05, 4.69) is 31.9 Å². The van der Waals surface area contributed by atoms with Gasteiger partial charge in [0.1, 0.15) is 11.5 Å². The molecule has 0 aliphatic rings. The van der Waals surface area contributed by atoms with Crippen LogP contribution in [0.1, 0.15) is 12.5 Å². The highest BCUT2D eigenvalue weighted by Gasteiger charge is 2.08. The Bertz CT molecular complexity index is 617. The molecule has 20 heavy (non-hydrogen) atoms. The van der Waals surface area contributed by atoms with E-state index >= 15 is 0 Å². The molecule has 0 aromatic heterocycles. The molecule has 0 aliphatic carbocycles. The van der Waals surface area contributed by atoms with Crippen molar-refractivity contribution in [3.05, 3.63) is 55.9 Å². The summed E-state index contributed by atoms with van der Waals surface area (Å²) in [5.41, 5.74) is 6.98. The van der Waals surface area contributed by atoms with Crippen LogP contribution < -0.4 is 10.5 Å². The molecular formula is C15H14Br2ClNO. The largest absolute Gasteiger partial charge is 0.456 e. The first-order valence-electron chi connectivity index (χ1n) is 6.12. The molecular weight excluding hydrogens is 405 g/mol. The summed E-state index contributed by atoms with van der Waals surface area (Å²) < 4.78 is 7.71. The first-order chi connectivity index (χ1) is 9.45. The van der Waals surface area contributed by atoms with E-state index in [9.17, 15) is 0 Å². The first-order valence-corrected chi connectivity index (χ1v) is 8.09. The van der Waals surface area contributed by atoms with E-state index < -0.39 is 0 Å². The fraction of sp³-hybridized carbons (Fsp3) is 0.200. The number of nitrogens with two attached hydrogens (primary N) is 1. The highest BCUT2D eigenvalue weighted by atomic mass is 79.9. The molecule has 2 N–H and O–H groups in total. The third-order valence-corrected chi connectivity index (χ3v) is 4.23. The van der Waals surface area contributed by atoms with Gasteiger partial charge in [-0.25, -0.2) is 0 Å². The Morgan fingerprint density at radius 1 is 1.20 bits per heavy atom. The predicted octanol–water partition coefficient (Wildman–Crippen LogP) is 5.55. The average molecular weight is 420 g/mol. The molecule has 106 valence electrons. The van der Waals surface area contributed by atoms with Crippen LogP contribution in [0.4, 0.5) is 0 Å². The van der Waals surface area contributed by atoms with Gasteiger partial charge in [-0.1, -0.05) is 49.5 Å². The van der Waals surface area contributed by atoms with Gasteiger partial charge < -0.3 is 10.5 Å². The van der Waals surface area contributed by atoms with Gasteiger partial charge in [-0.3, -0.25) is 0 Å². The summed E-state index contributed by atoms with van der Waals surface area (Å²) in [5, 5.41) is 0.573. The Labute approximate surface area is 140 Å². The quantitative estimate of drug-likeness (QED) is 0.705. The monoisotopic (exact) mass is 417 g/mol. The maximum absolute atomic E-state index is 6.11. The van der Waals surface area contributed by atoms with Gasteiger partial charge in [0.25, 0.3) is 0 Å². The van der Waals surface area contributed by atoms with Crippen LogP contribution in [0.3, 0.4) is 0 Å². The van der Waals surface area contributed by atoms with Gasteiger partial charge in [0.2, 0.25) is 0 Å². The summed E-state index contributed by atoms with van der Waals surface area (Å²) in [4.78, 5) is 0. The van der Waals surface area contributed by atoms with Crippen molar-refractivity contribution in [1.29, 1.82) is 0 Å². The minimum atomic E-state index is 0.123. The number of rotatable bonds is 4. The molecule has 0 amide bonds. The Morgan fingerprint density at radius 2 is 1.95 bits per heavy atom. The summed E-state index contributed by atoms with van der Waals surface area (Å²) in [6, 6.07) is 11.5. The van der Waals surface area contributed by atoms with Gasteiger partial charge in [-0.2, -0.15) is 0 Å². The van der Waals surface area contributed by atoms with Crippen molar-refractivity contribution < 1.29 is 4.74 Å². The zero-order chi connectivity index (χ0) is 14.7. The molecule has 0 heterocycles. The highest BCUT2D eigenvalue weighted by molar-refractivity contribution is 9.10. The van der Waals surface area contributed by atoms with Crippen molar-refractivity contribution in [2.24, 2.45) is 5.73 Å². The standard InChI is InChI=1S/C15H14Br2ClNO/c1-9(19)6-10-2-4-12(8-13(10)17)20-15-7-11(16)3-5-14(15)18/h2-5,7-9H,6,19H2,1H3. The SMILES string of the molecule is CC(N)Cc1ccc(Oc2cc(Br)ccc2Cl)cc1Br. The Balaban J connectivity index is 2.22. The van der Waals surface area contributed by atoms with Crippen LogP contribution in [0.25, 0.3) is 0 Å². The molecule has 2 aromatic rings. The fourth-order valence-electron chi connectivity index (χ4n) is 1.79. The molecule has 0 saturated heterocycles. The molecule has 5 heteroatoms. The van der Waals surface area contributed by atoms with Crippen LogP contribution in [0.5, 0.6) is 11.5 Å². The maximum atomic E-state index is 6.11. The lowest BCUT2D eigenvalue weighted by Gasteiger charge is -2.11. The van der Waals surface area contributed by atoms with E-state index in [0.29, 0.717) is 10.8 Å². The summed E-state index contributed by atoms with van der Waals surface area (Å²) in [6.45, 7) is 1.98. The number of hydrogen-bond donors (Lipinski definition) is 1. The van der Waals surface area contributed by atoms with Crippen LogP contribution >= 0.6 is 43.5 Å². The fourth-order valence-corrected chi connectivity index (χ4v) is 2.80. The second-order valence-electron chi connectivity index (χ2n) is 4.61. The van der Waals surface area contributed by atoms with Gasteiger partial charge in [0, 0.05) is 15.0 Å². The molecule has 2 rings (SSSR count). The first kappa shape index (κ1) is 15.8. The van der Waals surface area contributed by atoms with Crippen LogP contribution in [-0.2, 0) is 6.42 Å². The minimum Gasteiger partial charge on any atom is -0.456 e. The van der Waals surface area contributed by atoms with E-state index in [4.69, 9.17) is 22.1 Å². The minimum absolute atomic E-state index is 0.123. The molecule has 0 radical (unpaired) electrons. The lowest BCUT2D eigenvalue weighted by Crippen LogP contribution is -2.17. The topological polar surface area (TPSA) is 35.2 Å². The molecule has 2 nitrogen and oxygen atoms in total. The zero-order valence-corrected chi connectivity index (χ0v) is 14.8. The van der Waals surface area contributed by atoms with Crippen LogP contribution in [0, 0.1) is 0 Å². The molecule has 0 saturated carbocycles. The number of benzene rings is 2. The lowest BCUT2D eigenvalue weighted by molar-refractivity contribution is 0.482. The maximum Gasteiger partial charge on any atom is 0.147 e. The summed E-state index contributed by atoms with van der Waals surface area (Å²) in [7, 11) is 0. The van der Waals surface area contributed by atoms with Crippen LogP contribution in [-0.4, -0.2) is 6.04 Å². The van der Waals surface area contributed by atoms with Crippen molar-refractivity contribution in [2.75, 3.05) is 0 Å². The highest BCUT2D eigenvalue weighted by Crippen LogP contribution is 2.33.